The van der Waals surface area contributed by atoms with Crippen LogP contribution in [0.1, 0.15) is 10.4 Å². The molecule has 0 aliphatic heterocycles. The molecule has 5 heteroatoms. The molecule has 0 aliphatic carbocycles. The van der Waals surface area contributed by atoms with Crippen molar-refractivity contribution in [3.8, 4) is 11.4 Å². The van der Waals surface area contributed by atoms with Crippen molar-refractivity contribution in [3.63, 3.8) is 0 Å². The number of hydrogen-bond acceptors (Lipinski definition) is 4. The van der Waals surface area contributed by atoms with Crippen molar-refractivity contribution in [1.82, 2.24) is 15.2 Å². The normalized spacial score (nSPS) is 10.0. The van der Waals surface area contributed by atoms with E-state index in [9.17, 15) is 4.79 Å². The summed E-state index contributed by atoms with van der Waals surface area (Å²) in [5, 5.41) is 6.42. The number of rotatable bonds is 2. The third kappa shape index (κ3) is 1.24. The smallest absolute Gasteiger partial charge is 0.156 e. The zero-order chi connectivity index (χ0) is 9.97. The van der Waals surface area contributed by atoms with Crippen LogP contribution in [0.25, 0.3) is 11.4 Å². The Hall–Kier alpha value is -2.17. The summed E-state index contributed by atoms with van der Waals surface area (Å²) in [4.78, 5) is 14.8. The van der Waals surface area contributed by atoms with Crippen LogP contribution in [0.2, 0.25) is 0 Å². The average molecular weight is 188 g/mol. The molecule has 0 amide bonds. The van der Waals surface area contributed by atoms with Crippen molar-refractivity contribution in [2.75, 3.05) is 5.73 Å². The van der Waals surface area contributed by atoms with Gasteiger partial charge in [0.25, 0.3) is 0 Å². The van der Waals surface area contributed by atoms with E-state index in [1.54, 1.807) is 18.3 Å². The van der Waals surface area contributed by atoms with E-state index in [0.29, 0.717) is 23.2 Å². The number of nitrogens with two attached hydrogens (primary N) is 1. The molecule has 2 rings (SSSR count). The highest BCUT2D eigenvalue weighted by Crippen LogP contribution is 2.20. The Morgan fingerprint density at radius 3 is 2.93 bits per heavy atom. The first-order valence-corrected chi connectivity index (χ1v) is 4.03. The van der Waals surface area contributed by atoms with Crippen LogP contribution in [0, 0.1) is 0 Å². The van der Waals surface area contributed by atoms with E-state index in [1.165, 1.54) is 0 Å². The van der Waals surface area contributed by atoms with Gasteiger partial charge in [0.2, 0.25) is 0 Å². The number of anilines is 1. The summed E-state index contributed by atoms with van der Waals surface area (Å²) < 4.78 is 0. The Bertz CT molecular complexity index is 449. The van der Waals surface area contributed by atoms with Gasteiger partial charge in [-0.1, -0.05) is 6.07 Å². The summed E-state index contributed by atoms with van der Waals surface area (Å²) in [7, 11) is 0. The SMILES string of the molecule is Nc1n[nH]c(-c2ccccn2)c1C=O. The lowest BCUT2D eigenvalue weighted by molar-refractivity contribution is 0.112. The Morgan fingerprint density at radius 1 is 1.43 bits per heavy atom. The van der Waals surface area contributed by atoms with Gasteiger partial charge in [0.15, 0.2) is 12.1 Å². The zero-order valence-corrected chi connectivity index (χ0v) is 7.27. The van der Waals surface area contributed by atoms with Crippen molar-refractivity contribution in [2.45, 2.75) is 0 Å². The molecule has 0 aliphatic rings. The second-order valence-electron chi connectivity index (χ2n) is 2.73. The zero-order valence-electron chi connectivity index (χ0n) is 7.27. The van der Waals surface area contributed by atoms with E-state index in [-0.39, 0.29) is 5.82 Å². The quantitative estimate of drug-likeness (QED) is 0.684. The summed E-state index contributed by atoms with van der Waals surface area (Å²) >= 11 is 0. The predicted octanol–water partition coefficient (Wildman–Crippen LogP) is 0.866. The van der Waals surface area contributed by atoms with Gasteiger partial charge in [0.1, 0.15) is 0 Å². The fraction of sp³-hybridized carbons (Fsp3) is 0. The van der Waals surface area contributed by atoms with Crippen LogP contribution in [-0.2, 0) is 0 Å². The van der Waals surface area contributed by atoms with Gasteiger partial charge in [-0.25, -0.2) is 0 Å². The molecule has 0 atom stereocenters. The largest absolute Gasteiger partial charge is 0.382 e. The Balaban J connectivity index is 2.57. The van der Waals surface area contributed by atoms with Crippen LogP contribution in [-0.4, -0.2) is 21.5 Å². The van der Waals surface area contributed by atoms with E-state index in [4.69, 9.17) is 5.73 Å². The van der Waals surface area contributed by atoms with Gasteiger partial charge in [0, 0.05) is 6.20 Å². The van der Waals surface area contributed by atoms with Crippen LogP contribution in [0.15, 0.2) is 24.4 Å². The minimum atomic E-state index is 0.195. The van der Waals surface area contributed by atoms with Crippen molar-refractivity contribution >= 4 is 12.1 Å². The maximum Gasteiger partial charge on any atom is 0.156 e. The number of carbonyl (C=O) groups excluding carboxylic acids is 1. The summed E-state index contributed by atoms with van der Waals surface area (Å²) in [6.07, 6.45) is 2.31. The minimum Gasteiger partial charge on any atom is -0.382 e. The first-order valence-electron chi connectivity index (χ1n) is 4.03. The van der Waals surface area contributed by atoms with E-state index in [2.05, 4.69) is 15.2 Å². The summed E-state index contributed by atoms with van der Waals surface area (Å²) in [5.41, 5.74) is 7.04. The first kappa shape index (κ1) is 8.43. The van der Waals surface area contributed by atoms with Gasteiger partial charge in [-0.2, -0.15) is 5.10 Å². The molecular weight excluding hydrogens is 180 g/mol. The molecule has 2 heterocycles. The van der Waals surface area contributed by atoms with Crippen LogP contribution in [0.4, 0.5) is 5.82 Å². The Morgan fingerprint density at radius 2 is 2.29 bits per heavy atom. The Kier molecular flexibility index (Phi) is 1.98. The van der Waals surface area contributed by atoms with Gasteiger partial charge in [-0.05, 0) is 12.1 Å². The monoisotopic (exact) mass is 188 g/mol. The fourth-order valence-electron chi connectivity index (χ4n) is 1.19. The van der Waals surface area contributed by atoms with Crippen LogP contribution in [0.5, 0.6) is 0 Å². The summed E-state index contributed by atoms with van der Waals surface area (Å²) in [6, 6.07) is 5.40. The van der Waals surface area contributed by atoms with E-state index < -0.39 is 0 Å². The van der Waals surface area contributed by atoms with E-state index in [0.717, 1.165) is 0 Å². The Labute approximate surface area is 80.0 Å². The summed E-state index contributed by atoms with van der Waals surface area (Å²) in [5.74, 6) is 0.195. The number of carbonyl (C=O) groups is 1. The molecule has 0 spiro atoms. The van der Waals surface area contributed by atoms with Crippen LogP contribution in [0.3, 0.4) is 0 Å². The molecule has 2 aromatic rings. The maximum atomic E-state index is 10.7. The third-order valence-corrected chi connectivity index (χ3v) is 1.87. The molecule has 0 bridgehead atoms. The highest BCUT2D eigenvalue weighted by atomic mass is 16.1. The van der Waals surface area contributed by atoms with Crippen LogP contribution >= 0.6 is 0 Å². The molecule has 0 radical (unpaired) electrons. The molecule has 14 heavy (non-hydrogen) atoms. The van der Waals surface area contributed by atoms with E-state index in [1.807, 2.05) is 6.07 Å². The number of aldehydes is 1. The molecule has 0 aromatic carbocycles. The van der Waals surface area contributed by atoms with Crippen molar-refractivity contribution in [1.29, 1.82) is 0 Å². The molecule has 0 saturated heterocycles. The van der Waals surface area contributed by atoms with Crippen molar-refractivity contribution in [3.05, 3.63) is 30.0 Å². The third-order valence-electron chi connectivity index (χ3n) is 1.87. The van der Waals surface area contributed by atoms with Gasteiger partial charge in [-0.15, -0.1) is 0 Å². The van der Waals surface area contributed by atoms with E-state index >= 15 is 0 Å². The number of H-pyrrole nitrogens is 1. The number of nitrogen functional groups attached to an aromatic ring is 1. The molecule has 0 saturated carbocycles. The van der Waals surface area contributed by atoms with Gasteiger partial charge >= 0.3 is 0 Å². The first-order chi connectivity index (χ1) is 6.83. The van der Waals surface area contributed by atoms with Gasteiger partial charge in [0.05, 0.1) is 17.0 Å². The molecule has 0 fully saturated rings. The fourth-order valence-corrected chi connectivity index (χ4v) is 1.19. The molecule has 3 N–H and O–H groups in total. The summed E-state index contributed by atoms with van der Waals surface area (Å²) in [6.45, 7) is 0. The molecular formula is C9H8N4O. The van der Waals surface area contributed by atoms with Gasteiger partial charge < -0.3 is 5.73 Å². The molecule has 0 unspecified atom stereocenters. The van der Waals surface area contributed by atoms with Gasteiger partial charge in [-0.3, -0.25) is 14.9 Å². The standard InChI is InChI=1S/C9H8N4O/c10-9-6(5-14)8(12-13-9)7-3-1-2-4-11-7/h1-5H,(H3,10,12,13). The van der Waals surface area contributed by atoms with Crippen molar-refractivity contribution in [2.24, 2.45) is 0 Å². The number of nitrogens with one attached hydrogen (secondary N) is 1. The lowest BCUT2D eigenvalue weighted by Crippen LogP contribution is -1.91. The number of nitrogens with zero attached hydrogens (tertiary/aromatic N) is 2. The highest BCUT2D eigenvalue weighted by Gasteiger charge is 2.11. The average Bonchev–Trinajstić information content (AvgIpc) is 2.61. The predicted molar refractivity (Wildman–Crippen MR) is 51.6 cm³/mol. The molecule has 70 valence electrons. The number of hydrogen-bond donors (Lipinski definition) is 2. The minimum absolute atomic E-state index is 0.195. The molecule has 2 aromatic heterocycles. The maximum absolute atomic E-state index is 10.7. The number of pyridine rings is 1. The topological polar surface area (TPSA) is 84.7 Å². The van der Waals surface area contributed by atoms with Crippen molar-refractivity contribution < 1.29 is 4.79 Å². The second-order valence-corrected chi connectivity index (χ2v) is 2.73. The molecule has 5 nitrogen and oxygen atoms in total. The highest BCUT2D eigenvalue weighted by molar-refractivity contribution is 5.90. The lowest BCUT2D eigenvalue weighted by Gasteiger charge is -1.95. The number of aromatic amines is 1. The second kappa shape index (κ2) is 3.29. The van der Waals surface area contributed by atoms with Crippen LogP contribution < -0.4 is 5.73 Å². The number of aromatic nitrogens is 3. The lowest BCUT2D eigenvalue weighted by atomic mass is 10.2.